The van der Waals surface area contributed by atoms with Crippen LogP contribution in [0.25, 0.3) is 0 Å². The van der Waals surface area contributed by atoms with Gasteiger partial charge < -0.3 is 0 Å². The molecule has 0 saturated carbocycles. The number of fused-ring (bicyclic) bond motifs is 1. The van der Waals surface area contributed by atoms with Gasteiger partial charge in [-0.3, -0.25) is 9.59 Å². The average molecular weight is 256 g/mol. The molecule has 3 rings (SSSR count). The highest BCUT2D eigenvalue weighted by Crippen LogP contribution is 2.26. The first-order valence-corrected chi connectivity index (χ1v) is 6.81. The zero-order valence-electron chi connectivity index (χ0n) is 9.76. The summed E-state index contributed by atoms with van der Waals surface area (Å²) in [6, 6.07) is 11.5. The van der Waals surface area contributed by atoms with Gasteiger partial charge in [0, 0.05) is 6.42 Å². The van der Waals surface area contributed by atoms with Gasteiger partial charge in [0.25, 0.3) is 0 Å². The molecule has 0 fully saturated rings. The molecule has 0 aliphatic heterocycles. The summed E-state index contributed by atoms with van der Waals surface area (Å²) in [6.45, 7) is 0. The molecule has 18 heavy (non-hydrogen) atoms. The second kappa shape index (κ2) is 4.50. The molecule has 0 radical (unpaired) electrons. The van der Waals surface area contributed by atoms with Gasteiger partial charge in [0.15, 0.2) is 5.78 Å². The molecule has 0 bridgehead atoms. The fraction of sp³-hybridized carbons (Fsp3) is 0.200. The molecule has 1 heterocycles. The maximum Gasteiger partial charge on any atom is 0.183 e. The molecule has 0 N–H and O–H groups in total. The Hall–Kier alpha value is -1.74. The van der Waals surface area contributed by atoms with E-state index in [9.17, 15) is 9.59 Å². The maximum atomic E-state index is 12.3. The molecule has 1 aromatic heterocycles. The van der Waals surface area contributed by atoms with Crippen molar-refractivity contribution in [3.05, 3.63) is 57.8 Å². The number of benzene rings is 1. The smallest absolute Gasteiger partial charge is 0.183 e. The van der Waals surface area contributed by atoms with Gasteiger partial charge in [-0.1, -0.05) is 30.3 Å². The molecule has 2 nitrogen and oxygen atoms in total. The topological polar surface area (TPSA) is 34.1 Å². The molecule has 0 saturated heterocycles. The zero-order chi connectivity index (χ0) is 12.5. The van der Waals surface area contributed by atoms with Crippen molar-refractivity contribution in [3.8, 4) is 0 Å². The van der Waals surface area contributed by atoms with Crippen LogP contribution in [0.2, 0.25) is 0 Å². The molecule has 1 atom stereocenters. The van der Waals surface area contributed by atoms with Gasteiger partial charge in [-0.2, -0.15) is 0 Å². The summed E-state index contributed by atoms with van der Waals surface area (Å²) in [6.07, 6.45) is 0.934. The van der Waals surface area contributed by atoms with E-state index in [1.807, 2.05) is 35.7 Å². The lowest BCUT2D eigenvalue weighted by atomic mass is 9.80. The van der Waals surface area contributed by atoms with Crippen LogP contribution in [0, 0.1) is 5.92 Å². The molecular weight excluding hydrogens is 244 g/mol. The lowest BCUT2D eigenvalue weighted by Gasteiger charge is -2.21. The average Bonchev–Trinajstić information content (AvgIpc) is 2.91. The highest BCUT2D eigenvalue weighted by Gasteiger charge is 2.32. The van der Waals surface area contributed by atoms with Gasteiger partial charge in [-0.25, -0.2) is 0 Å². The van der Waals surface area contributed by atoms with Crippen LogP contribution in [-0.2, 0) is 17.6 Å². The van der Waals surface area contributed by atoms with E-state index in [4.69, 9.17) is 0 Å². The minimum atomic E-state index is -0.487. The molecule has 90 valence electrons. The molecule has 2 aromatic rings. The van der Waals surface area contributed by atoms with Crippen LogP contribution in [0.4, 0.5) is 0 Å². The van der Waals surface area contributed by atoms with Crippen LogP contribution in [0.15, 0.2) is 41.8 Å². The summed E-state index contributed by atoms with van der Waals surface area (Å²) in [5, 5.41) is 1.87. The van der Waals surface area contributed by atoms with Crippen molar-refractivity contribution in [2.45, 2.75) is 12.8 Å². The molecule has 0 amide bonds. The van der Waals surface area contributed by atoms with E-state index >= 15 is 0 Å². The summed E-state index contributed by atoms with van der Waals surface area (Å²) in [4.78, 5) is 25.0. The predicted molar refractivity (Wildman–Crippen MR) is 71.0 cm³/mol. The largest absolute Gasteiger partial charge is 0.299 e. The van der Waals surface area contributed by atoms with Crippen LogP contribution in [-0.4, -0.2) is 11.6 Å². The highest BCUT2D eigenvalue weighted by molar-refractivity contribution is 7.12. The third-order valence-electron chi connectivity index (χ3n) is 3.38. The van der Waals surface area contributed by atoms with E-state index in [0.717, 1.165) is 11.1 Å². The van der Waals surface area contributed by atoms with Crippen molar-refractivity contribution in [2.24, 2.45) is 5.92 Å². The summed E-state index contributed by atoms with van der Waals surface area (Å²) in [5.41, 5.74) is 2.20. The third kappa shape index (κ3) is 1.91. The van der Waals surface area contributed by atoms with Crippen molar-refractivity contribution in [3.63, 3.8) is 0 Å². The van der Waals surface area contributed by atoms with Gasteiger partial charge in [0.05, 0.1) is 10.8 Å². The number of rotatable bonds is 2. The van der Waals surface area contributed by atoms with Crippen LogP contribution in [0.5, 0.6) is 0 Å². The SMILES string of the molecule is O=C1Cc2ccccc2CC1C(=O)c1cccs1. The standard InChI is InChI=1S/C15H12O2S/c16-13-9-11-5-2-1-4-10(11)8-12(13)15(17)14-6-3-7-18-14/h1-7,12H,8-9H2. The van der Waals surface area contributed by atoms with Gasteiger partial charge >= 0.3 is 0 Å². The Morgan fingerprint density at radius 2 is 1.89 bits per heavy atom. The molecule has 1 aliphatic rings. The molecule has 1 aromatic carbocycles. The van der Waals surface area contributed by atoms with Crippen LogP contribution >= 0.6 is 11.3 Å². The second-order valence-corrected chi connectivity index (χ2v) is 5.46. The Morgan fingerprint density at radius 3 is 2.61 bits per heavy atom. The molecule has 1 aliphatic carbocycles. The summed E-state index contributed by atoms with van der Waals surface area (Å²) >= 11 is 1.41. The summed E-state index contributed by atoms with van der Waals surface area (Å²) in [5.74, 6) is -0.463. The number of hydrogen-bond acceptors (Lipinski definition) is 3. The molecule has 1 unspecified atom stereocenters. The Labute approximate surface area is 109 Å². The minimum absolute atomic E-state index is 0.0236. The maximum absolute atomic E-state index is 12.3. The van der Waals surface area contributed by atoms with Gasteiger partial charge in [0.2, 0.25) is 0 Å². The van der Waals surface area contributed by atoms with Crippen LogP contribution < -0.4 is 0 Å². The van der Waals surface area contributed by atoms with E-state index in [2.05, 4.69) is 0 Å². The van der Waals surface area contributed by atoms with Crippen molar-refractivity contribution in [2.75, 3.05) is 0 Å². The van der Waals surface area contributed by atoms with Crippen molar-refractivity contribution in [1.82, 2.24) is 0 Å². The first kappa shape index (κ1) is 11.4. The lowest BCUT2D eigenvalue weighted by Crippen LogP contribution is -2.31. The highest BCUT2D eigenvalue weighted by atomic mass is 32.1. The monoisotopic (exact) mass is 256 g/mol. The lowest BCUT2D eigenvalue weighted by molar-refractivity contribution is -0.121. The Balaban J connectivity index is 1.92. The van der Waals surface area contributed by atoms with Crippen LogP contribution in [0.3, 0.4) is 0 Å². The summed E-state index contributed by atoms with van der Waals surface area (Å²) < 4.78 is 0. The molecule has 0 spiro atoms. The number of carbonyl (C=O) groups excluding carboxylic acids is 2. The number of carbonyl (C=O) groups is 2. The van der Waals surface area contributed by atoms with E-state index in [1.165, 1.54) is 11.3 Å². The Bertz CT molecular complexity index is 599. The molecular formula is C15H12O2S. The predicted octanol–water partition coefficient (Wildman–Crippen LogP) is 2.91. The van der Waals surface area contributed by atoms with Crippen LogP contribution in [0.1, 0.15) is 20.8 Å². The van der Waals surface area contributed by atoms with E-state index in [0.29, 0.717) is 17.7 Å². The Morgan fingerprint density at radius 1 is 1.11 bits per heavy atom. The second-order valence-electron chi connectivity index (χ2n) is 4.51. The van der Waals surface area contributed by atoms with Crippen molar-refractivity contribution < 1.29 is 9.59 Å². The third-order valence-corrected chi connectivity index (χ3v) is 4.26. The summed E-state index contributed by atoms with van der Waals surface area (Å²) in [7, 11) is 0. The van der Waals surface area contributed by atoms with Crippen molar-refractivity contribution >= 4 is 22.9 Å². The van der Waals surface area contributed by atoms with Gasteiger partial charge in [-0.05, 0) is 29.0 Å². The fourth-order valence-electron chi connectivity index (χ4n) is 2.40. The van der Waals surface area contributed by atoms with Gasteiger partial charge in [0.1, 0.15) is 5.78 Å². The van der Waals surface area contributed by atoms with E-state index < -0.39 is 5.92 Å². The first-order valence-electron chi connectivity index (χ1n) is 5.93. The molecule has 3 heteroatoms. The minimum Gasteiger partial charge on any atom is -0.299 e. The number of Topliss-reactive ketones (excluding diaryl/α,β-unsaturated/α-hetero) is 2. The van der Waals surface area contributed by atoms with Gasteiger partial charge in [-0.15, -0.1) is 11.3 Å². The number of hydrogen-bond donors (Lipinski definition) is 0. The van der Waals surface area contributed by atoms with E-state index in [1.54, 1.807) is 6.07 Å². The zero-order valence-corrected chi connectivity index (χ0v) is 10.6. The Kier molecular flexibility index (Phi) is 2.84. The van der Waals surface area contributed by atoms with E-state index in [-0.39, 0.29) is 11.6 Å². The van der Waals surface area contributed by atoms with Crippen molar-refractivity contribution in [1.29, 1.82) is 0 Å². The normalized spacial score (nSPS) is 18.4. The first-order chi connectivity index (χ1) is 8.75. The fourth-order valence-corrected chi connectivity index (χ4v) is 3.12. The quantitative estimate of drug-likeness (QED) is 0.611. The number of thiophene rings is 1. The number of ketones is 2.